The van der Waals surface area contributed by atoms with Gasteiger partial charge in [-0.1, -0.05) is 37.0 Å². The molecule has 0 aliphatic carbocycles. The van der Waals surface area contributed by atoms with Gasteiger partial charge in [-0.25, -0.2) is 4.99 Å². The molecule has 0 unspecified atom stereocenters. The van der Waals surface area contributed by atoms with Gasteiger partial charge in [0.2, 0.25) is 0 Å². The number of aliphatic hydroxyl groups excluding tert-OH is 1. The maximum Gasteiger partial charge on any atom is 0.191 e. The van der Waals surface area contributed by atoms with Crippen molar-refractivity contribution < 1.29 is 5.11 Å². The van der Waals surface area contributed by atoms with Crippen molar-refractivity contribution in [2.75, 3.05) is 19.7 Å². The molecular formula is C17H31Cl2IN4O. The summed E-state index contributed by atoms with van der Waals surface area (Å²) >= 11 is 12.1. The third kappa shape index (κ3) is 7.15. The van der Waals surface area contributed by atoms with Gasteiger partial charge < -0.3 is 20.3 Å². The first kappa shape index (κ1) is 24.8. The van der Waals surface area contributed by atoms with Crippen molar-refractivity contribution in [2.24, 2.45) is 17.5 Å². The summed E-state index contributed by atoms with van der Waals surface area (Å²) in [5.41, 5.74) is 1.04. The van der Waals surface area contributed by atoms with Crippen LogP contribution in [0.3, 0.4) is 0 Å². The number of nitrogens with one attached hydrogen (secondary N) is 2. The molecule has 0 aliphatic rings. The number of aliphatic hydroxyl groups is 1. The van der Waals surface area contributed by atoms with Crippen LogP contribution in [-0.4, -0.2) is 35.3 Å². The maximum atomic E-state index is 9.34. The van der Waals surface area contributed by atoms with E-state index >= 15 is 0 Å². The lowest BCUT2D eigenvalue weighted by atomic mass is 9.79. The molecule has 0 bridgehead atoms. The van der Waals surface area contributed by atoms with Crippen molar-refractivity contribution in [3.63, 3.8) is 0 Å². The van der Waals surface area contributed by atoms with E-state index in [1.165, 1.54) is 0 Å². The highest BCUT2D eigenvalue weighted by Crippen LogP contribution is 2.29. The molecule has 0 spiro atoms. The maximum absolute atomic E-state index is 9.34. The fraction of sp³-hybridized carbons (Fsp3) is 0.706. The van der Waals surface area contributed by atoms with Gasteiger partial charge in [-0.15, -0.1) is 24.0 Å². The lowest BCUT2D eigenvalue weighted by Gasteiger charge is -2.32. The van der Waals surface area contributed by atoms with Gasteiger partial charge in [0, 0.05) is 32.4 Å². The molecule has 0 aliphatic heterocycles. The minimum atomic E-state index is 0. The molecule has 0 aromatic carbocycles. The van der Waals surface area contributed by atoms with Crippen molar-refractivity contribution in [1.29, 1.82) is 0 Å². The number of guanidine groups is 1. The highest BCUT2D eigenvalue weighted by Gasteiger charge is 2.25. The Hall–Kier alpha value is -0.180. The van der Waals surface area contributed by atoms with Crippen molar-refractivity contribution in [1.82, 2.24) is 15.2 Å². The van der Waals surface area contributed by atoms with Gasteiger partial charge in [-0.05, 0) is 37.7 Å². The van der Waals surface area contributed by atoms with E-state index < -0.39 is 0 Å². The SMILES string of the molecule is CCNC(=NCc1cc(Cl)c(Cl)n1C)NCC(CC)(CC)CCO.I. The van der Waals surface area contributed by atoms with Gasteiger partial charge in [0.15, 0.2) is 5.96 Å². The number of halogens is 3. The number of hydrogen-bond acceptors (Lipinski definition) is 2. The fourth-order valence-electron chi connectivity index (χ4n) is 2.69. The van der Waals surface area contributed by atoms with E-state index in [1.807, 2.05) is 24.6 Å². The summed E-state index contributed by atoms with van der Waals surface area (Å²) in [6, 6.07) is 1.84. The molecule has 146 valence electrons. The van der Waals surface area contributed by atoms with Crippen LogP contribution in [0.2, 0.25) is 10.2 Å². The summed E-state index contributed by atoms with van der Waals surface area (Å²) in [5.74, 6) is 0.759. The Labute approximate surface area is 178 Å². The third-order valence-corrected chi connectivity index (χ3v) is 5.57. The highest BCUT2D eigenvalue weighted by atomic mass is 127. The van der Waals surface area contributed by atoms with Crippen LogP contribution in [-0.2, 0) is 13.6 Å². The van der Waals surface area contributed by atoms with Crippen LogP contribution in [0.15, 0.2) is 11.1 Å². The second-order valence-corrected chi connectivity index (χ2v) is 6.83. The molecule has 3 N–H and O–H groups in total. The summed E-state index contributed by atoms with van der Waals surface area (Å²) in [5, 5.41) is 17.1. The Morgan fingerprint density at radius 3 is 2.32 bits per heavy atom. The van der Waals surface area contributed by atoms with Crippen molar-refractivity contribution >= 4 is 53.1 Å². The van der Waals surface area contributed by atoms with E-state index in [0.717, 1.165) is 44.0 Å². The van der Waals surface area contributed by atoms with E-state index in [0.29, 0.717) is 16.7 Å². The molecule has 0 atom stereocenters. The summed E-state index contributed by atoms with van der Waals surface area (Å²) in [7, 11) is 1.87. The van der Waals surface area contributed by atoms with Crippen LogP contribution in [0.4, 0.5) is 0 Å². The van der Waals surface area contributed by atoms with Gasteiger partial charge in [0.25, 0.3) is 0 Å². The van der Waals surface area contributed by atoms with Crippen molar-refractivity contribution in [2.45, 2.75) is 46.6 Å². The molecule has 0 amide bonds. The average Bonchev–Trinajstić information content (AvgIpc) is 2.83. The smallest absolute Gasteiger partial charge is 0.191 e. The van der Waals surface area contributed by atoms with Gasteiger partial charge >= 0.3 is 0 Å². The zero-order valence-corrected chi connectivity index (χ0v) is 19.4. The zero-order chi connectivity index (χ0) is 18.2. The Morgan fingerprint density at radius 2 is 1.88 bits per heavy atom. The molecule has 5 nitrogen and oxygen atoms in total. The molecule has 0 radical (unpaired) electrons. The zero-order valence-electron chi connectivity index (χ0n) is 15.5. The number of aromatic nitrogens is 1. The number of hydrogen-bond donors (Lipinski definition) is 3. The van der Waals surface area contributed by atoms with Gasteiger partial charge in [0.05, 0.1) is 11.6 Å². The van der Waals surface area contributed by atoms with Crippen LogP contribution in [0, 0.1) is 5.41 Å². The fourth-order valence-corrected chi connectivity index (χ4v) is 3.11. The monoisotopic (exact) mass is 504 g/mol. The lowest BCUT2D eigenvalue weighted by molar-refractivity contribution is 0.169. The molecule has 0 saturated heterocycles. The average molecular weight is 505 g/mol. The first-order chi connectivity index (χ1) is 11.4. The van der Waals surface area contributed by atoms with Crippen molar-refractivity contribution in [3.05, 3.63) is 21.9 Å². The molecule has 1 aromatic rings. The molecule has 8 heteroatoms. The largest absolute Gasteiger partial charge is 0.396 e. The van der Waals surface area contributed by atoms with E-state index in [4.69, 9.17) is 23.2 Å². The van der Waals surface area contributed by atoms with Gasteiger partial charge in [-0.2, -0.15) is 0 Å². The van der Waals surface area contributed by atoms with Gasteiger partial charge in [0.1, 0.15) is 5.15 Å². The Balaban J connectivity index is 0.00000576. The summed E-state index contributed by atoms with van der Waals surface area (Å²) < 4.78 is 1.84. The quantitative estimate of drug-likeness (QED) is 0.268. The molecule has 25 heavy (non-hydrogen) atoms. The van der Waals surface area contributed by atoms with E-state index in [1.54, 1.807) is 0 Å². The Morgan fingerprint density at radius 1 is 1.24 bits per heavy atom. The topological polar surface area (TPSA) is 61.6 Å². The summed E-state index contributed by atoms with van der Waals surface area (Å²) in [6.07, 6.45) is 2.81. The van der Waals surface area contributed by atoms with E-state index in [-0.39, 0.29) is 36.0 Å². The molecule has 0 fully saturated rings. The number of rotatable bonds is 9. The summed E-state index contributed by atoms with van der Waals surface area (Å²) in [6.45, 7) is 8.62. The molecule has 0 saturated carbocycles. The van der Waals surface area contributed by atoms with Gasteiger partial charge in [-0.3, -0.25) is 0 Å². The van der Waals surface area contributed by atoms with Crippen LogP contribution in [0.5, 0.6) is 0 Å². The predicted octanol–water partition coefficient (Wildman–Crippen LogP) is 4.19. The molecular weight excluding hydrogens is 474 g/mol. The second-order valence-electron chi connectivity index (χ2n) is 6.06. The summed E-state index contributed by atoms with van der Waals surface area (Å²) in [4.78, 5) is 4.62. The lowest BCUT2D eigenvalue weighted by Crippen LogP contribution is -2.43. The normalized spacial score (nSPS) is 12.0. The standard InChI is InChI=1S/C17H30Cl2N4O.HI/c1-5-17(6-2,8-9-24)12-22-16(20-7-3)21-11-13-10-14(18)15(19)23(13)4;/h10,24H,5-9,11-12H2,1-4H3,(H2,20,21,22);1H. The predicted molar refractivity (Wildman–Crippen MR) is 118 cm³/mol. The van der Waals surface area contributed by atoms with E-state index in [2.05, 4.69) is 29.5 Å². The van der Waals surface area contributed by atoms with Crippen LogP contribution >= 0.6 is 47.2 Å². The van der Waals surface area contributed by atoms with Crippen LogP contribution < -0.4 is 10.6 Å². The van der Waals surface area contributed by atoms with Crippen molar-refractivity contribution in [3.8, 4) is 0 Å². The Bertz CT molecular complexity index is 545. The van der Waals surface area contributed by atoms with E-state index in [9.17, 15) is 5.11 Å². The number of aliphatic imine (C=N–C) groups is 1. The third-order valence-electron chi connectivity index (χ3n) is 4.73. The first-order valence-electron chi connectivity index (χ1n) is 8.55. The van der Waals surface area contributed by atoms with Crippen LogP contribution in [0.25, 0.3) is 0 Å². The minimum Gasteiger partial charge on any atom is -0.396 e. The second kappa shape index (κ2) is 12.3. The molecule has 1 rings (SSSR count). The Kier molecular flexibility index (Phi) is 12.2. The minimum absolute atomic E-state index is 0. The molecule has 1 heterocycles. The highest BCUT2D eigenvalue weighted by molar-refractivity contribution is 14.0. The number of nitrogens with zero attached hydrogens (tertiary/aromatic N) is 2. The first-order valence-corrected chi connectivity index (χ1v) is 9.31. The molecule has 1 aromatic heterocycles. The van der Waals surface area contributed by atoms with Crippen LogP contribution in [0.1, 0.15) is 45.7 Å².